The molecule has 1 N–H and O–H groups in total. The van der Waals surface area contributed by atoms with Crippen LogP contribution < -0.4 is 5.32 Å². The maximum Gasteiger partial charge on any atom is 0.341 e. The summed E-state index contributed by atoms with van der Waals surface area (Å²) >= 11 is 0. The van der Waals surface area contributed by atoms with Crippen molar-refractivity contribution < 1.29 is 9.53 Å². The van der Waals surface area contributed by atoms with Gasteiger partial charge in [-0.1, -0.05) is 6.07 Å². The lowest BCUT2D eigenvalue weighted by Gasteiger charge is -2.10. The van der Waals surface area contributed by atoms with E-state index in [-0.39, 0.29) is 5.97 Å². The third kappa shape index (κ3) is 3.42. The van der Waals surface area contributed by atoms with Crippen LogP contribution in [-0.4, -0.2) is 22.4 Å². The van der Waals surface area contributed by atoms with Gasteiger partial charge in [0.1, 0.15) is 5.56 Å². The maximum atomic E-state index is 11.9. The number of aryl methyl sites for hydroxylation is 3. The van der Waals surface area contributed by atoms with Crippen LogP contribution in [0.2, 0.25) is 0 Å². The summed E-state index contributed by atoms with van der Waals surface area (Å²) < 4.78 is 6.74. The first kappa shape index (κ1) is 15.1. The molecule has 0 aliphatic rings. The van der Waals surface area contributed by atoms with E-state index in [4.69, 9.17) is 4.74 Å². The van der Waals surface area contributed by atoms with Crippen LogP contribution >= 0.6 is 0 Å². The topological polar surface area (TPSA) is 56.1 Å². The lowest BCUT2D eigenvalue weighted by Crippen LogP contribution is -2.12. The van der Waals surface area contributed by atoms with E-state index in [1.54, 1.807) is 17.8 Å². The highest BCUT2D eigenvalue weighted by Crippen LogP contribution is 2.16. The fourth-order valence-electron chi connectivity index (χ4n) is 2.09. The Kier molecular flexibility index (Phi) is 4.62. The molecule has 1 aromatic carbocycles. The van der Waals surface area contributed by atoms with Crippen LogP contribution in [0.15, 0.2) is 24.4 Å². The first-order valence-electron chi connectivity index (χ1n) is 7.02. The van der Waals surface area contributed by atoms with E-state index in [0.717, 1.165) is 11.4 Å². The summed E-state index contributed by atoms with van der Waals surface area (Å²) in [4.78, 5) is 11.9. The molecule has 2 rings (SSSR count). The second-order valence-corrected chi connectivity index (χ2v) is 5.00. The quantitative estimate of drug-likeness (QED) is 0.859. The average molecular weight is 287 g/mol. The van der Waals surface area contributed by atoms with Crippen molar-refractivity contribution in [2.45, 2.75) is 27.3 Å². The van der Waals surface area contributed by atoms with Crippen molar-refractivity contribution >= 4 is 11.7 Å². The van der Waals surface area contributed by atoms with Crippen molar-refractivity contribution in [3.63, 3.8) is 0 Å². The monoisotopic (exact) mass is 287 g/mol. The van der Waals surface area contributed by atoms with Gasteiger partial charge in [0.15, 0.2) is 0 Å². The average Bonchev–Trinajstić information content (AvgIpc) is 2.82. The predicted molar refractivity (Wildman–Crippen MR) is 82.4 cm³/mol. The Labute approximate surface area is 124 Å². The van der Waals surface area contributed by atoms with Gasteiger partial charge in [-0.25, -0.2) is 4.79 Å². The number of aromatic nitrogens is 2. The van der Waals surface area contributed by atoms with Gasteiger partial charge in [-0.05, 0) is 44.0 Å². The molecule has 0 amide bonds. The van der Waals surface area contributed by atoms with Gasteiger partial charge in [-0.3, -0.25) is 4.68 Å². The highest BCUT2D eigenvalue weighted by Gasteiger charge is 2.16. The van der Waals surface area contributed by atoms with E-state index >= 15 is 0 Å². The van der Waals surface area contributed by atoms with E-state index in [0.29, 0.717) is 18.7 Å². The van der Waals surface area contributed by atoms with Crippen LogP contribution in [0, 0.1) is 13.8 Å². The zero-order chi connectivity index (χ0) is 15.4. The van der Waals surface area contributed by atoms with Gasteiger partial charge in [0, 0.05) is 12.7 Å². The Morgan fingerprint density at radius 3 is 2.76 bits per heavy atom. The summed E-state index contributed by atoms with van der Waals surface area (Å²) in [5.41, 5.74) is 4.83. The molecular formula is C16H21N3O2. The number of rotatable bonds is 5. The molecule has 0 saturated carbocycles. The number of esters is 1. The summed E-state index contributed by atoms with van der Waals surface area (Å²) in [7, 11) is 1.82. The van der Waals surface area contributed by atoms with Gasteiger partial charge in [0.05, 0.1) is 25.0 Å². The first-order chi connectivity index (χ1) is 10.0. The fourth-order valence-corrected chi connectivity index (χ4v) is 2.09. The maximum absolute atomic E-state index is 11.9. The van der Waals surface area contributed by atoms with Gasteiger partial charge in [-0.15, -0.1) is 0 Å². The minimum absolute atomic E-state index is 0.331. The van der Waals surface area contributed by atoms with E-state index in [2.05, 4.69) is 36.4 Å². The molecular weight excluding hydrogens is 266 g/mol. The molecule has 1 heterocycles. The van der Waals surface area contributed by atoms with Gasteiger partial charge >= 0.3 is 5.97 Å². The number of hydrogen-bond acceptors (Lipinski definition) is 4. The van der Waals surface area contributed by atoms with E-state index in [1.165, 1.54) is 11.1 Å². The van der Waals surface area contributed by atoms with Crippen molar-refractivity contribution in [3.8, 4) is 0 Å². The fraction of sp³-hybridized carbons (Fsp3) is 0.375. The van der Waals surface area contributed by atoms with Crippen molar-refractivity contribution in [2.24, 2.45) is 7.05 Å². The number of nitrogens with zero attached hydrogens (tertiary/aromatic N) is 2. The van der Waals surface area contributed by atoms with Gasteiger partial charge in [0.2, 0.25) is 0 Å². The molecule has 0 spiro atoms. The zero-order valence-electron chi connectivity index (χ0n) is 12.9. The predicted octanol–water partition coefficient (Wildman–Crippen LogP) is 2.83. The highest BCUT2D eigenvalue weighted by molar-refractivity contribution is 5.90. The highest BCUT2D eigenvalue weighted by atomic mass is 16.5. The molecule has 1 aromatic heterocycles. The molecule has 0 radical (unpaired) electrons. The Bertz CT molecular complexity index is 647. The van der Waals surface area contributed by atoms with Crippen molar-refractivity contribution in [1.82, 2.24) is 9.78 Å². The molecule has 0 atom stereocenters. The molecule has 0 fully saturated rings. The summed E-state index contributed by atoms with van der Waals surface area (Å²) in [6.45, 7) is 6.83. The van der Waals surface area contributed by atoms with Crippen LogP contribution in [0.3, 0.4) is 0 Å². The lowest BCUT2D eigenvalue weighted by atomic mass is 10.1. The number of anilines is 1. The van der Waals surface area contributed by atoms with Crippen LogP contribution in [0.4, 0.5) is 5.69 Å². The van der Waals surface area contributed by atoms with Crippen LogP contribution in [-0.2, 0) is 18.3 Å². The minimum Gasteiger partial charge on any atom is -0.462 e. The van der Waals surface area contributed by atoms with Crippen molar-refractivity contribution in [2.75, 3.05) is 11.9 Å². The second kappa shape index (κ2) is 6.43. The number of benzene rings is 1. The molecule has 0 unspecified atom stereocenters. The number of ether oxygens (including phenoxy) is 1. The Morgan fingerprint density at radius 2 is 2.10 bits per heavy atom. The zero-order valence-corrected chi connectivity index (χ0v) is 12.9. The lowest BCUT2D eigenvalue weighted by molar-refractivity contribution is 0.0525. The third-order valence-corrected chi connectivity index (χ3v) is 3.52. The summed E-state index contributed by atoms with van der Waals surface area (Å²) in [5.74, 6) is -0.331. The number of nitrogens with one attached hydrogen (secondary N) is 1. The van der Waals surface area contributed by atoms with E-state index in [9.17, 15) is 4.79 Å². The smallest absolute Gasteiger partial charge is 0.341 e. The van der Waals surface area contributed by atoms with Crippen LogP contribution in [0.1, 0.15) is 34.1 Å². The Hall–Kier alpha value is -2.30. The molecule has 0 aliphatic carbocycles. The number of carbonyl (C=O) groups excluding carboxylic acids is 1. The summed E-state index contributed by atoms with van der Waals surface area (Å²) in [6, 6.07) is 6.20. The van der Waals surface area contributed by atoms with Gasteiger partial charge < -0.3 is 10.1 Å². The van der Waals surface area contributed by atoms with E-state index < -0.39 is 0 Å². The summed E-state index contributed by atoms with van der Waals surface area (Å²) in [5, 5.41) is 7.46. The van der Waals surface area contributed by atoms with Gasteiger partial charge in [0.25, 0.3) is 0 Å². The molecule has 21 heavy (non-hydrogen) atoms. The first-order valence-corrected chi connectivity index (χ1v) is 7.02. The Morgan fingerprint density at radius 1 is 1.33 bits per heavy atom. The van der Waals surface area contributed by atoms with Crippen molar-refractivity contribution in [1.29, 1.82) is 0 Å². The minimum atomic E-state index is -0.331. The molecule has 5 heteroatoms. The molecule has 0 aliphatic heterocycles. The molecule has 0 saturated heterocycles. The molecule has 112 valence electrons. The number of carbonyl (C=O) groups is 1. The molecule has 0 bridgehead atoms. The van der Waals surface area contributed by atoms with Gasteiger partial charge in [-0.2, -0.15) is 5.10 Å². The van der Waals surface area contributed by atoms with Crippen molar-refractivity contribution in [3.05, 3.63) is 46.8 Å². The van der Waals surface area contributed by atoms with Crippen LogP contribution in [0.5, 0.6) is 0 Å². The largest absolute Gasteiger partial charge is 0.462 e. The van der Waals surface area contributed by atoms with E-state index in [1.807, 2.05) is 13.1 Å². The normalized spacial score (nSPS) is 10.5. The number of hydrogen-bond donors (Lipinski definition) is 1. The summed E-state index contributed by atoms with van der Waals surface area (Å²) in [6.07, 6.45) is 1.55. The standard InChI is InChI=1S/C16H21N3O2/c1-5-21-16(20)14-9-18-19(4)15(14)10-17-13-7-6-11(2)12(3)8-13/h6-9,17H,5,10H2,1-4H3. The third-order valence-electron chi connectivity index (χ3n) is 3.52. The molecule has 5 nitrogen and oxygen atoms in total. The SMILES string of the molecule is CCOC(=O)c1cnn(C)c1CNc1ccc(C)c(C)c1. The van der Waals surface area contributed by atoms with Crippen LogP contribution in [0.25, 0.3) is 0 Å². The second-order valence-electron chi connectivity index (χ2n) is 5.00. The Balaban J connectivity index is 2.14. The molecule has 2 aromatic rings.